The molecule has 1 atom stereocenters. The lowest BCUT2D eigenvalue weighted by molar-refractivity contribution is 0.186. The number of nitrogens with one attached hydrogen (secondary N) is 2. The van der Waals surface area contributed by atoms with E-state index in [2.05, 4.69) is 36.5 Å². The van der Waals surface area contributed by atoms with Gasteiger partial charge in [0.1, 0.15) is 5.65 Å². The maximum absolute atomic E-state index is 5.38. The molecule has 2 aromatic rings. The summed E-state index contributed by atoms with van der Waals surface area (Å²) in [6, 6.07) is 3.98. The third-order valence-electron chi connectivity index (χ3n) is 3.71. The molecule has 22 heavy (non-hydrogen) atoms. The molecule has 0 spiro atoms. The first-order chi connectivity index (χ1) is 10.7. The van der Waals surface area contributed by atoms with Crippen LogP contribution in [0.5, 0.6) is 0 Å². The van der Waals surface area contributed by atoms with Crippen LogP contribution in [0.15, 0.2) is 34.0 Å². The second-order valence-corrected chi connectivity index (χ2v) is 6.30. The number of rotatable bonds is 4. The highest BCUT2D eigenvalue weighted by molar-refractivity contribution is 9.10. The number of aliphatic imine (C=N–C) groups is 1. The molecule has 0 radical (unpaired) electrons. The molecular formula is C15H20BrN5O. The van der Waals surface area contributed by atoms with Gasteiger partial charge in [-0.05, 0) is 34.5 Å². The van der Waals surface area contributed by atoms with Gasteiger partial charge in [0.25, 0.3) is 0 Å². The van der Waals surface area contributed by atoms with Gasteiger partial charge >= 0.3 is 0 Å². The number of halogens is 1. The highest BCUT2D eigenvalue weighted by Gasteiger charge is 2.15. The Morgan fingerprint density at radius 2 is 2.36 bits per heavy atom. The van der Waals surface area contributed by atoms with E-state index in [-0.39, 0.29) is 0 Å². The molecule has 2 N–H and O–H groups in total. The van der Waals surface area contributed by atoms with Crippen LogP contribution in [0.4, 0.5) is 0 Å². The number of hydrogen-bond acceptors (Lipinski definition) is 3. The first kappa shape index (κ1) is 15.3. The van der Waals surface area contributed by atoms with E-state index in [0.29, 0.717) is 12.5 Å². The van der Waals surface area contributed by atoms with Gasteiger partial charge in [0.2, 0.25) is 0 Å². The van der Waals surface area contributed by atoms with E-state index in [1.807, 2.05) is 28.9 Å². The van der Waals surface area contributed by atoms with E-state index in [9.17, 15) is 0 Å². The smallest absolute Gasteiger partial charge is 0.191 e. The first-order valence-electron chi connectivity index (χ1n) is 7.40. The number of guanidine groups is 1. The summed E-state index contributed by atoms with van der Waals surface area (Å²) in [5.74, 6) is 1.37. The van der Waals surface area contributed by atoms with E-state index < -0.39 is 0 Å². The van der Waals surface area contributed by atoms with Crippen molar-refractivity contribution >= 4 is 27.5 Å². The van der Waals surface area contributed by atoms with Gasteiger partial charge in [-0.2, -0.15) is 0 Å². The summed E-state index contributed by atoms with van der Waals surface area (Å²) < 4.78 is 8.42. The van der Waals surface area contributed by atoms with Crippen molar-refractivity contribution in [2.75, 3.05) is 26.8 Å². The quantitative estimate of drug-likeness (QED) is 0.640. The SMILES string of the molecule is CN=C(NCc1cn2cc(Br)ccc2n1)NCC1CCOC1. The average molecular weight is 366 g/mol. The summed E-state index contributed by atoms with van der Waals surface area (Å²) in [5.41, 5.74) is 1.91. The van der Waals surface area contributed by atoms with Crippen molar-refractivity contribution in [1.82, 2.24) is 20.0 Å². The van der Waals surface area contributed by atoms with Crippen LogP contribution < -0.4 is 10.6 Å². The molecule has 0 bridgehead atoms. The fraction of sp³-hybridized carbons (Fsp3) is 0.467. The Bertz CT molecular complexity index is 663. The Hall–Kier alpha value is -1.60. The summed E-state index contributed by atoms with van der Waals surface area (Å²) in [5, 5.41) is 6.64. The molecule has 6 nitrogen and oxygen atoms in total. The van der Waals surface area contributed by atoms with Crippen molar-refractivity contribution in [2.45, 2.75) is 13.0 Å². The maximum Gasteiger partial charge on any atom is 0.191 e. The fourth-order valence-electron chi connectivity index (χ4n) is 2.48. The summed E-state index contributed by atoms with van der Waals surface area (Å²) in [6.07, 6.45) is 5.13. The van der Waals surface area contributed by atoms with Crippen molar-refractivity contribution in [3.05, 3.63) is 34.7 Å². The van der Waals surface area contributed by atoms with Crippen LogP contribution in [-0.2, 0) is 11.3 Å². The number of fused-ring (bicyclic) bond motifs is 1. The Kier molecular flexibility index (Phi) is 4.94. The van der Waals surface area contributed by atoms with Crippen LogP contribution in [-0.4, -0.2) is 42.2 Å². The molecule has 3 heterocycles. The summed E-state index contributed by atoms with van der Waals surface area (Å²) >= 11 is 3.46. The fourth-order valence-corrected chi connectivity index (χ4v) is 2.84. The van der Waals surface area contributed by atoms with Gasteiger partial charge < -0.3 is 19.8 Å². The normalized spacial score (nSPS) is 18.8. The molecule has 1 aliphatic rings. The van der Waals surface area contributed by atoms with Gasteiger partial charge in [0.15, 0.2) is 5.96 Å². The molecular weight excluding hydrogens is 346 g/mol. The Labute approximate surface area is 138 Å². The minimum absolute atomic E-state index is 0.575. The zero-order chi connectivity index (χ0) is 15.4. The van der Waals surface area contributed by atoms with Crippen molar-refractivity contribution in [3.63, 3.8) is 0 Å². The first-order valence-corrected chi connectivity index (χ1v) is 8.19. The molecule has 0 aromatic carbocycles. The van der Waals surface area contributed by atoms with Gasteiger partial charge in [-0.3, -0.25) is 4.99 Å². The summed E-state index contributed by atoms with van der Waals surface area (Å²) in [4.78, 5) is 8.82. The summed E-state index contributed by atoms with van der Waals surface area (Å²) in [7, 11) is 1.78. The third kappa shape index (κ3) is 3.78. The molecule has 3 rings (SSSR count). The molecule has 1 fully saturated rings. The second-order valence-electron chi connectivity index (χ2n) is 5.38. The Morgan fingerprint density at radius 3 is 3.14 bits per heavy atom. The lowest BCUT2D eigenvalue weighted by Crippen LogP contribution is -2.39. The number of aromatic nitrogens is 2. The molecule has 1 saturated heterocycles. The van der Waals surface area contributed by atoms with Crippen LogP contribution in [0, 0.1) is 5.92 Å². The van der Waals surface area contributed by atoms with Crippen LogP contribution in [0.25, 0.3) is 5.65 Å². The standard InChI is InChI=1S/C15H20BrN5O/c1-17-15(18-6-11-4-5-22-10-11)19-7-13-9-21-8-12(16)2-3-14(21)20-13/h2-3,8-9,11H,4-7,10H2,1H3,(H2,17,18,19). The average Bonchev–Trinajstić information content (AvgIpc) is 3.16. The Balaban J connectivity index is 1.54. The third-order valence-corrected chi connectivity index (χ3v) is 4.18. The van der Waals surface area contributed by atoms with E-state index in [4.69, 9.17) is 4.74 Å². The number of nitrogens with zero attached hydrogens (tertiary/aromatic N) is 3. The number of imidazole rings is 1. The Morgan fingerprint density at radius 1 is 1.45 bits per heavy atom. The van der Waals surface area contributed by atoms with E-state index in [1.165, 1.54) is 0 Å². The van der Waals surface area contributed by atoms with Gasteiger partial charge in [0.05, 0.1) is 18.8 Å². The topological polar surface area (TPSA) is 63.0 Å². The monoisotopic (exact) mass is 365 g/mol. The lowest BCUT2D eigenvalue weighted by atomic mass is 10.1. The van der Waals surface area contributed by atoms with Crippen LogP contribution in [0.2, 0.25) is 0 Å². The van der Waals surface area contributed by atoms with Crippen LogP contribution >= 0.6 is 15.9 Å². The van der Waals surface area contributed by atoms with Crippen molar-refractivity contribution in [2.24, 2.45) is 10.9 Å². The van der Waals surface area contributed by atoms with Gasteiger partial charge in [-0.1, -0.05) is 0 Å². The van der Waals surface area contributed by atoms with Crippen LogP contribution in [0.3, 0.4) is 0 Å². The molecule has 0 amide bonds. The predicted molar refractivity (Wildman–Crippen MR) is 90.0 cm³/mol. The molecule has 2 aromatic heterocycles. The zero-order valence-corrected chi connectivity index (χ0v) is 14.1. The van der Waals surface area contributed by atoms with Gasteiger partial charge in [-0.15, -0.1) is 0 Å². The highest BCUT2D eigenvalue weighted by atomic mass is 79.9. The molecule has 0 saturated carbocycles. The number of ether oxygens (including phenoxy) is 1. The van der Waals surface area contributed by atoms with Crippen molar-refractivity contribution < 1.29 is 4.74 Å². The van der Waals surface area contributed by atoms with Crippen molar-refractivity contribution in [1.29, 1.82) is 0 Å². The van der Waals surface area contributed by atoms with Gasteiger partial charge in [0, 0.05) is 43.0 Å². The van der Waals surface area contributed by atoms with Crippen molar-refractivity contribution in [3.8, 4) is 0 Å². The molecule has 0 aliphatic carbocycles. The number of hydrogen-bond donors (Lipinski definition) is 2. The van der Waals surface area contributed by atoms with Gasteiger partial charge in [-0.25, -0.2) is 4.98 Å². The second kappa shape index (κ2) is 7.11. The minimum atomic E-state index is 0.575. The van der Waals surface area contributed by atoms with Crippen LogP contribution in [0.1, 0.15) is 12.1 Å². The molecule has 1 unspecified atom stereocenters. The zero-order valence-electron chi connectivity index (χ0n) is 12.6. The predicted octanol–water partition coefficient (Wildman–Crippen LogP) is 1.80. The highest BCUT2D eigenvalue weighted by Crippen LogP contribution is 2.12. The van der Waals surface area contributed by atoms with E-state index in [1.54, 1.807) is 7.05 Å². The minimum Gasteiger partial charge on any atom is -0.381 e. The lowest BCUT2D eigenvalue weighted by Gasteiger charge is -2.13. The van der Waals surface area contributed by atoms with E-state index >= 15 is 0 Å². The molecule has 1 aliphatic heterocycles. The summed E-state index contributed by atoms with van der Waals surface area (Å²) in [6.45, 7) is 3.23. The van der Waals surface area contributed by atoms with E-state index in [0.717, 1.165) is 48.0 Å². The molecule has 118 valence electrons. The molecule has 7 heteroatoms. The maximum atomic E-state index is 5.38. The number of pyridine rings is 1. The largest absolute Gasteiger partial charge is 0.381 e.